The minimum Gasteiger partial charge on any atom is -0.372 e. The van der Waals surface area contributed by atoms with Gasteiger partial charge in [-0.05, 0) is 19.1 Å². The molecular formula is C11H15BrN2O3S. The van der Waals surface area contributed by atoms with Gasteiger partial charge in [0, 0.05) is 30.8 Å². The molecule has 1 aliphatic rings. The van der Waals surface area contributed by atoms with E-state index in [0.717, 1.165) is 0 Å². The van der Waals surface area contributed by atoms with Gasteiger partial charge in [0.1, 0.15) is 4.90 Å². The van der Waals surface area contributed by atoms with Crippen molar-refractivity contribution in [3.63, 3.8) is 0 Å². The summed E-state index contributed by atoms with van der Waals surface area (Å²) in [5.41, 5.74) is 0. The third kappa shape index (κ3) is 2.90. The van der Waals surface area contributed by atoms with E-state index in [2.05, 4.69) is 20.9 Å². The molecule has 0 aliphatic carbocycles. The molecule has 2 unspecified atom stereocenters. The molecule has 0 bridgehead atoms. The zero-order chi connectivity index (χ0) is 13.2. The maximum absolute atomic E-state index is 12.4. The predicted octanol–water partition coefficient (Wildman–Crippen LogP) is 1.25. The van der Waals surface area contributed by atoms with Crippen molar-refractivity contribution in [1.82, 2.24) is 9.29 Å². The number of morpholine rings is 1. The third-order valence-corrected chi connectivity index (χ3v) is 5.27. The van der Waals surface area contributed by atoms with E-state index in [9.17, 15) is 8.42 Å². The Morgan fingerprint density at radius 3 is 2.94 bits per heavy atom. The van der Waals surface area contributed by atoms with Crippen molar-refractivity contribution in [1.29, 1.82) is 0 Å². The number of hydrogen-bond acceptors (Lipinski definition) is 4. The lowest BCUT2D eigenvalue weighted by Gasteiger charge is -2.35. The summed E-state index contributed by atoms with van der Waals surface area (Å²) >= 11 is 3.33. The zero-order valence-corrected chi connectivity index (χ0v) is 12.4. The number of ether oxygens (including phenoxy) is 1. The van der Waals surface area contributed by atoms with Crippen molar-refractivity contribution in [2.24, 2.45) is 0 Å². The molecule has 1 aliphatic heterocycles. The number of alkyl halides is 1. The largest absolute Gasteiger partial charge is 0.372 e. The van der Waals surface area contributed by atoms with Gasteiger partial charge in [0.05, 0.1) is 12.2 Å². The van der Waals surface area contributed by atoms with Crippen molar-refractivity contribution in [3.8, 4) is 0 Å². The third-order valence-electron chi connectivity index (χ3n) is 2.74. The molecule has 7 heteroatoms. The first kappa shape index (κ1) is 13.9. The van der Waals surface area contributed by atoms with E-state index in [0.29, 0.717) is 18.4 Å². The molecule has 1 saturated heterocycles. The monoisotopic (exact) mass is 334 g/mol. The van der Waals surface area contributed by atoms with E-state index in [1.165, 1.54) is 10.5 Å². The van der Waals surface area contributed by atoms with Crippen LogP contribution in [0, 0.1) is 0 Å². The van der Waals surface area contributed by atoms with Crippen molar-refractivity contribution in [2.45, 2.75) is 24.0 Å². The first-order valence-corrected chi connectivity index (χ1v) is 8.22. The highest BCUT2D eigenvalue weighted by Crippen LogP contribution is 2.21. The fourth-order valence-corrected chi connectivity index (χ4v) is 3.80. The number of sulfonamides is 1. The number of pyridine rings is 1. The Morgan fingerprint density at radius 1 is 1.56 bits per heavy atom. The normalized spacial score (nSPS) is 26.1. The highest BCUT2D eigenvalue weighted by atomic mass is 79.9. The summed E-state index contributed by atoms with van der Waals surface area (Å²) in [6.07, 6.45) is 2.72. The number of halogens is 1. The Labute approximate surface area is 115 Å². The minimum absolute atomic E-state index is 0.104. The number of nitrogens with zero attached hydrogens (tertiary/aromatic N) is 2. The molecule has 2 atom stereocenters. The SMILES string of the molecule is CC1CN(S(=O)(=O)c2cccnc2)CC(CBr)O1. The van der Waals surface area contributed by atoms with Gasteiger partial charge >= 0.3 is 0 Å². The molecule has 0 spiro atoms. The van der Waals surface area contributed by atoms with Gasteiger partial charge < -0.3 is 4.74 Å². The van der Waals surface area contributed by atoms with Crippen LogP contribution in [0.4, 0.5) is 0 Å². The molecule has 1 aromatic rings. The molecule has 1 fully saturated rings. The molecule has 2 heterocycles. The highest BCUT2D eigenvalue weighted by Gasteiger charge is 2.33. The van der Waals surface area contributed by atoms with E-state index in [4.69, 9.17) is 4.74 Å². The van der Waals surface area contributed by atoms with Crippen LogP contribution >= 0.6 is 15.9 Å². The van der Waals surface area contributed by atoms with Crippen LogP contribution in [0.2, 0.25) is 0 Å². The predicted molar refractivity (Wildman–Crippen MR) is 71.1 cm³/mol. The van der Waals surface area contributed by atoms with Crippen molar-refractivity contribution in [3.05, 3.63) is 24.5 Å². The van der Waals surface area contributed by atoms with Crippen molar-refractivity contribution >= 4 is 26.0 Å². The maximum atomic E-state index is 12.4. The molecule has 100 valence electrons. The first-order chi connectivity index (χ1) is 8.54. The lowest BCUT2D eigenvalue weighted by Crippen LogP contribution is -2.49. The minimum atomic E-state index is -3.47. The summed E-state index contributed by atoms with van der Waals surface area (Å²) in [4.78, 5) is 4.09. The zero-order valence-electron chi connectivity index (χ0n) is 9.99. The van der Waals surface area contributed by atoms with E-state index >= 15 is 0 Å². The van der Waals surface area contributed by atoms with Gasteiger partial charge in [0.2, 0.25) is 10.0 Å². The second kappa shape index (κ2) is 5.64. The number of hydrogen-bond donors (Lipinski definition) is 0. The summed E-state index contributed by atoms with van der Waals surface area (Å²) < 4.78 is 31.9. The second-order valence-corrected chi connectivity index (χ2v) is 6.82. The Morgan fingerprint density at radius 2 is 2.33 bits per heavy atom. The molecule has 0 saturated carbocycles. The van der Waals surface area contributed by atoms with Gasteiger partial charge in [-0.25, -0.2) is 8.42 Å². The summed E-state index contributed by atoms with van der Waals surface area (Å²) in [7, 11) is -3.47. The molecule has 18 heavy (non-hydrogen) atoms. The van der Waals surface area contributed by atoms with Gasteiger partial charge in [-0.1, -0.05) is 15.9 Å². The second-order valence-electron chi connectivity index (χ2n) is 4.23. The summed E-state index contributed by atoms with van der Waals surface area (Å²) in [5.74, 6) is 0. The molecule has 1 aromatic heterocycles. The molecule has 0 radical (unpaired) electrons. The first-order valence-electron chi connectivity index (χ1n) is 5.65. The summed E-state index contributed by atoms with van der Waals surface area (Å²) in [5, 5.41) is 0.621. The average molecular weight is 335 g/mol. The van der Waals surface area contributed by atoms with E-state index in [-0.39, 0.29) is 17.1 Å². The van der Waals surface area contributed by atoms with Crippen LogP contribution in [0.1, 0.15) is 6.92 Å². The summed E-state index contributed by atoms with van der Waals surface area (Å²) in [6, 6.07) is 3.18. The quantitative estimate of drug-likeness (QED) is 0.780. The average Bonchev–Trinajstić information content (AvgIpc) is 2.39. The van der Waals surface area contributed by atoms with E-state index in [1.54, 1.807) is 18.3 Å². The standard InChI is InChI=1S/C11H15BrN2O3S/c1-9-7-14(8-10(5-12)17-9)18(15,16)11-3-2-4-13-6-11/h2-4,6,9-10H,5,7-8H2,1H3. The van der Waals surface area contributed by atoms with Gasteiger partial charge in [0.25, 0.3) is 0 Å². The van der Waals surface area contributed by atoms with Gasteiger partial charge in [-0.2, -0.15) is 4.31 Å². The lowest BCUT2D eigenvalue weighted by atomic mass is 10.3. The smallest absolute Gasteiger partial charge is 0.244 e. The fraction of sp³-hybridized carbons (Fsp3) is 0.545. The number of rotatable bonds is 3. The molecule has 2 rings (SSSR count). The van der Waals surface area contributed by atoms with Crippen LogP contribution in [-0.2, 0) is 14.8 Å². The molecule has 0 N–H and O–H groups in total. The molecular weight excluding hydrogens is 320 g/mol. The Kier molecular flexibility index (Phi) is 4.37. The van der Waals surface area contributed by atoms with Crippen molar-refractivity contribution in [2.75, 3.05) is 18.4 Å². The summed E-state index contributed by atoms with van der Waals surface area (Å²) in [6.45, 7) is 2.62. The van der Waals surface area contributed by atoms with Gasteiger partial charge in [-0.15, -0.1) is 0 Å². The fourth-order valence-electron chi connectivity index (χ4n) is 1.93. The Balaban J connectivity index is 2.25. The van der Waals surface area contributed by atoms with E-state index < -0.39 is 10.0 Å². The van der Waals surface area contributed by atoms with Gasteiger partial charge in [0.15, 0.2) is 0 Å². The topological polar surface area (TPSA) is 59.5 Å². The Bertz CT molecular complexity index is 494. The maximum Gasteiger partial charge on any atom is 0.244 e. The van der Waals surface area contributed by atoms with Gasteiger partial charge in [-0.3, -0.25) is 4.98 Å². The van der Waals surface area contributed by atoms with Crippen LogP contribution in [0.3, 0.4) is 0 Å². The van der Waals surface area contributed by atoms with Crippen LogP contribution in [0.5, 0.6) is 0 Å². The lowest BCUT2D eigenvalue weighted by molar-refractivity contribution is -0.0411. The van der Waals surface area contributed by atoms with Crippen LogP contribution < -0.4 is 0 Å². The number of aromatic nitrogens is 1. The molecule has 0 amide bonds. The van der Waals surface area contributed by atoms with Crippen molar-refractivity contribution < 1.29 is 13.2 Å². The van der Waals surface area contributed by atoms with Crippen LogP contribution in [-0.4, -0.2) is 48.3 Å². The highest BCUT2D eigenvalue weighted by molar-refractivity contribution is 9.09. The Hall–Kier alpha value is -0.500. The van der Waals surface area contributed by atoms with E-state index in [1.807, 2.05) is 6.92 Å². The molecule has 5 nitrogen and oxygen atoms in total. The van der Waals surface area contributed by atoms with Crippen LogP contribution in [0.15, 0.2) is 29.4 Å². The molecule has 0 aromatic carbocycles. The van der Waals surface area contributed by atoms with Crippen LogP contribution in [0.25, 0.3) is 0 Å².